The average Bonchev–Trinajstić information content (AvgIpc) is 2.36. The number of benzene rings is 1. The van der Waals surface area contributed by atoms with Gasteiger partial charge >= 0.3 is 0 Å². The molecule has 0 bridgehead atoms. The van der Waals surface area contributed by atoms with Gasteiger partial charge in [-0.2, -0.15) is 0 Å². The molecule has 1 aliphatic heterocycles. The quantitative estimate of drug-likeness (QED) is 0.754. The molecular weight excluding hydrogens is 342 g/mol. The zero-order chi connectivity index (χ0) is 14.9. The minimum absolute atomic E-state index is 0.0170. The lowest BCUT2D eigenvalue weighted by Gasteiger charge is -2.42. The maximum atomic E-state index is 12.7. The van der Waals surface area contributed by atoms with Gasteiger partial charge < -0.3 is 9.64 Å². The molecule has 110 valence electrons. The molecule has 0 N–H and O–H groups in total. The molecule has 1 unspecified atom stereocenters. The highest BCUT2D eigenvalue weighted by Crippen LogP contribution is 2.26. The molecule has 0 aliphatic carbocycles. The van der Waals surface area contributed by atoms with Crippen LogP contribution in [0.25, 0.3) is 0 Å². The van der Waals surface area contributed by atoms with Crippen molar-refractivity contribution in [3.8, 4) is 0 Å². The highest BCUT2D eigenvalue weighted by molar-refractivity contribution is 9.10. The van der Waals surface area contributed by atoms with Crippen LogP contribution in [-0.2, 0) is 4.74 Å². The van der Waals surface area contributed by atoms with Gasteiger partial charge in [0.2, 0.25) is 0 Å². The largest absolute Gasteiger partial charge is 0.367 e. The van der Waals surface area contributed by atoms with Crippen LogP contribution in [0.1, 0.15) is 29.8 Å². The molecule has 0 aromatic heterocycles. The van der Waals surface area contributed by atoms with Crippen LogP contribution in [0, 0.1) is 6.92 Å². The fourth-order valence-corrected chi connectivity index (χ4v) is 3.32. The van der Waals surface area contributed by atoms with Gasteiger partial charge in [-0.25, -0.2) is 0 Å². The summed E-state index contributed by atoms with van der Waals surface area (Å²) in [6, 6.07) is 5.76. The van der Waals surface area contributed by atoms with Crippen molar-refractivity contribution in [2.45, 2.75) is 32.5 Å². The Hall–Kier alpha value is -0.580. The lowest BCUT2D eigenvalue weighted by atomic mass is 10.0. The summed E-state index contributed by atoms with van der Waals surface area (Å²) in [4.78, 5) is 14.5. The number of morpholine rings is 1. The first kappa shape index (κ1) is 15.8. The van der Waals surface area contributed by atoms with Crippen LogP contribution in [-0.4, -0.2) is 41.5 Å². The smallest absolute Gasteiger partial charge is 0.255 e. The van der Waals surface area contributed by atoms with E-state index in [4.69, 9.17) is 16.3 Å². The van der Waals surface area contributed by atoms with E-state index in [-0.39, 0.29) is 17.6 Å². The molecule has 1 aliphatic rings. The Morgan fingerprint density at radius 1 is 1.55 bits per heavy atom. The third-order valence-corrected chi connectivity index (χ3v) is 4.30. The molecular formula is C15H19BrClNO2. The summed E-state index contributed by atoms with van der Waals surface area (Å²) < 4.78 is 6.68. The SMILES string of the molecule is Cc1ccc(C(=O)N2CC(CCl)OC(C)(C)C2)c(Br)c1. The van der Waals surface area contributed by atoms with Crippen LogP contribution >= 0.6 is 27.5 Å². The number of carbonyl (C=O) groups excluding carboxylic acids is 1. The highest BCUT2D eigenvalue weighted by atomic mass is 79.9. The summed E-state index contributed by atoms with van der Waals surface area (Å²) in [6.07, 6.45) is -0.117. The second kappa shape index (κ2) is 6.04. The standard InChI is InChI=1S/C15H19BrClNO2/c1-10-4-5-12(13(16)6-10)14(19)18-8-11(7-17)20-15(2,3)9-18/h4-6,11H,7-9H2,1-3H3. The second-order valence-corrected chi connectivity index (χ2v) is 6.99. The van der Waals surface area contributed by atoms with E-state index in [0.29, 0.717) is 24.5 Å². The fraction of sp³-hybridized carbons (Fsp3) is 0.533. The van der Waals surface area contributed by atoms with E-state index < -0.39 is 0 Å². The van der Waals surface area contributed by atoms with Gasteiger partial charge in [0, 0.05) is 17.6 Å². The maximum Gasteiger partial charge on any atom is 0.255 e. The predicted octanol–water partition coefficient (Wildman–Crippen LogP) is 3.62. The van der Waals surface area contributed by atoms with E-state index in [2.05, 4.69) is 15.9 Å². The Balaban J connectivity index is 2.23. The summed E-state index contributed by atoms with van der Waals surface area (Å²) in [5.74, 6) is 0.408. The maximum absolute atomic E-state index is 12.7. The van der Waals surface area contributed by atoms with Crippen LogP contribution in [0.4, 0.5) is 0 Å². The number of rotatable bonds is 2. The van der Waals surface area contributed by atoms with Crippen LogP contribution < -0.4 is 0 Å². The minimum Gasteiger partial charge on any atom is -0.367 e. The first-order valence-electron chi connectivity index (χ1n) is 6.61. The van der Waals surface area contributed by atoms with Crippen LogP contribution in [0.5, 0.6) is 0 Å². The Labute approximate surface area is 133 Å². The van der Waals surface area contributed by atoms with Crippen LogP contribution in [0.15, 0.2) is 22.7 Å². The minimum atomic E-state index is -0.370. The summed E-state index contributed by atoms with van der Waals surface area (Å²) in [6.45, 7) is 7.07. The van der Waals surface area contributed by atoms with E-state index in [1.54, 1.807) is 0 Å². The van der Waals surface area contributed by atoms with E-state index in [1.165, 1.54) is 0 Å². The monoisotopic (exact) mass is 359 g/mol. The molecule has 1 aromatic carbocycles. The number of carbonyl (C=O) groups is 1. The third-order valence-electron chi connectivity index (χ3n) is 3.30. The number of halogens is 2. The molecule has 1 saturated heterocycles. The van der Waals surface area contributed by atoms with Gasteiger partial charge in [-0.3, -0.25) is 4.79 Å². The Morgan fingerprint density at radius 3 is 2.85 bits per heavy atom. The van der Waals surface area contributed by atoms with E-state index >= 15 is 0 Å². The van der Waals surface area contributed by atoms with Gasteiger partial charge in [0.15, 0.2) is 0 Å². The molecule has 1 amide bonds. The van der Waals surface area contributed by atoms with Gasteiger partial charge in [-0.05, 0) is 54.4 Å². The van der Waals surface area contributed by atoms with Crippen molar-refractivity contribution in [1.82, 2.24) is 4.90 Å². The van der Waals surface area contributed by atoms with E-state index in [1.807, 2.05) is 43.9 Å². The number of nitrogens with zero attached hydrogens (tertiary/aromatic N) is 1. The Morgan fingerprint density at radius 2 is 2.25 bits per heavy atom. The zero-order valence-electron chi connectivity index (χ0n) is 12.0. The molecule has 2 rings (SSSR count). The first-order valence-corrected chi connectivity index (χ1v) is 7.94. The molecule has 20 heavy (non-hydrogen) atoms. The van der Waals surface area contributed by atoms with Gasteiger partial charge in [0.05, 0.1) is 23.1 Å². The summed E-state index contributed by atoms with van der Waals surface area (Å²) >= 11 is 9.37. The highest BCUT2D eigenvalue weighted by Gasteiger charge is 2.35. The Bertz CT molecular complexity index is 519. The summed E-state index contributed by atoms with van der Waals surface area (Å²) in [5.41, 5.74) is 1.43. The van der Waals surface area contributed by atoms with Gasteiger partial charge in [-0.1, -0.05) is 6.07 Å². The number of ether oxygens (including phenoxy) is 1. The molecule has 5 heteroatoms. The summed E-state index contributed by atoms with van der Waals surface area (Å²) in [7, 11) is 0. The van der Waals surface area contributed by atoms with Crippen LogP contribution in [0.3, 0.4) is 0 Å². The molecule has 1 fully saturated rings. The van der Waals surface area contributed by atoms with Crippen LogP contribution in [0.2, 0.25) is 0 Å². The number of alkyl halides is 1. The molecule has 0 saturated carbocycles. The summed E-state index contributed by atoms with van der Waals surface area (Å²) in [5, 5.41) is 0. The van der Waals surface area contributed by atoms with Crippen molar-refractivity contribution in [2.24, 2.45) is 0 Å². The lowest BCUT2D eigenvalue weighted by molar-refractivity contribution is -0.117. The number of hydrogen-bond acceptors (Lipinski definition) is 2. The number of hydrogen-bond donors (Lipinski definition) is 0. The number of amides is 1. The fourth-order valence-electron chi connectivity index (χ4n) is 2.49. The molecule has 0 radical (unpaired) electrons. The van der Waals surface area contributed by atoms with Crippen molar-refractivity contribution in [2.75, 3.05) is 19.0 Å². The van der Waals surface area contributed by atoms with E-state index in [0.717, 1.165) is 10.0 Å². The van der Waals surface area contributed by atoms with Crippen molar-refractivity contribution in [1.29, 1.82) is 0 Å². The van der Waals surface area contributed by atoms with Crippen molar-refractivity contribution in [3.63, 3.8) is 0 Å². The van der Waals surface area contributed by atoms with Gasteiger partial charge in [0.25, 0.3) is 5.91 Å². The lowest BCUT2D eigenvalue weighted by Crippen LogP contribution is -2.55. The average molecular weight is 361 g/mol. The Kier molecular flexibility index (Phi) is 4.77. The molecule has 1 atom stereocenters. The molecule has 3 nitrogen and oxygen atoms in total. The second-order valence-electron chi connectivity index (χ2n) is 5.82. The molecule has 0 spiro atoms. The van der Waals surface area contributed by atoms with Gasteiger partial charge in [0.1, 0.15) is 0 Å². The van der Waals surface area contributed by atoms with Crippen molar-refractivity contribution in [3.05, 3.63) is 33.8 Å². The predicted molar refractivity (Wildman–Crippen MR) is 84.5 cm³/mol. The third kappa shape index (κ3) is 3.54. The zero-order valence-corrected chi connectivity index (χ0v) is 14.3. The van der Waals surface area contributed by atoms with Crippen molar-refractivity contribution >= 4 is 33.4 Å². The van der Waals surface area contributed by atoms with E-state index in [9.17, 15) is 4.79 Å². The number of aryl methyl sites for hydroxylation is 1. The topological polar surface area (TPSA) is 29.5 Å². The van der Waals surface area contributed by atoms with Crippen molar-refractivity contribution < 1.29 is 9.53 Å². The van der Waals surface area contributed by atoms with Gasteiger partial charge in [-0.15, -0.1) is 11.6 Å². The molecule has 1 heterocycles. The molecule has 1 aromatic rings. The first-order chi connectivity index (χ1) is 9.32. The normalized spacial score (nSPS) is 21.9.